The van der Waals surface area contributed by atoms with Gasteiger partial charge >= 0.3 is 0 Å². The zero-order valence-corrected chi connectivity index (χ0v) is 12.5. The minimum atomic E-state index is -0.0196. The lowest BCUT2D eigenvalue weighted by molar-refractivity contribution is 0.0684. The van der Waals surface area contributed by atoms with Crippen molar-refractivity contribution in [3.8, 4) is 0 Å². The first-order chi connectivity index (χ1) is 9.24. The molecule has 0 saturated carbocycles. The van der Waals surface area contributed by atoms with Crippen molar-refractivity contribution in [2.45, 2.75) is 18.9 Å². The fourth-order valence-electron chi connectivity index (χ4n) is 2.27. The van der Waals surface area contributed by atoms with Crippen LogP contribution in [-0.2, 0) is 0 Å². The third kappa shape index (κ3) is 2.69. The maximum Gasteiger partial charge on any atom is 0.275 e. The van der Waals surface area contributed by atoms with Gasteiger partial charge in [-0.2, -0.15) is 5.10 Å². The zero-order valence-electron chi connectivity index (χ0n) is 10.1. The Balaban J connectivity index is 1.62. The van der Waals surface area contributed by atoms with Gasteiger partial charge in [-0.15, -0.1) is 5.10 Å². The maximum absolute atomic E-state index is 12.1. The van der Waals surface area contributed by atoms with Crippen LogP contribution in [0.15, 0.2) is 22.2 Å². The topological polar surface area (TPSA) is 63.9 Å². The normalized spacial score (nSPS) is 16.8. The molecule has 8 heteroatoms. The fraction of sp³-hybridized carbons (Fsp3) is 0.455. The molecule has 0 N–H and O–H groups in total. The first kappa shape index (κ1) is 12.7. The first-order valence-corrected chi connectivity index (χ1v) is 7.63. The molecule has 0 bridgehead atoms. The van der Waals surface area contributed by atoms with Gasteiger partial charge in [0, 0.05) is 24.7 Å². The van der Waals surface area contributed by atoms with Gasteiger partial charge in [0.05, 0.1) is 16.7 Å². The molecule has 3 heterocycles. The van der Waals surface area contributed by atoms with Gasteiger partial charge < -0.3 is 4.90 Å². The molecule has 3 rings (SSSR count). The van der Waals surface area contributed by atoms with Crippen LogP contribution < -0.4 is 0 Å². The van der Waals surface area contributed by atoms with Crippen molar-refractivity contribution in [1.82, 2.24) is 24.3 Å². The smallest absolute Gasteiger partial charge is 0.275 e. The molecule has 2 aromatic rings. The molecule has 2 aromatic heterocycles. The van der Waals surface area contributed by atoms with Crippen LogP contribution in [0, 0.1) is 0 Å². The summed E-state index contributed by atoms with van der Waals surface area (Å²) in [4.78, 5) is 13.9. The molecule has 1 amide bonds. The number of likely N-dealkylation sites (tertiary alicyclic amines) is 1. The third-order valence-corrected chi connectivity index (χ3v) is 4.19. The highest BCUT2D eigenvalue weighted by Crippen LogP contribution is 2.24. The van der Waals surface area contributed by atoms with E-state index in [1.165, 1.54) is 11.5 Å². The Labute approximate surface area is 122 Å². The molecule has 1 fully saturated rings. The predicted molar refractivity (Wildman–Crippen MR) is 74.0 cm³/mol. The van der Waals surface area contributed by atoms with Crippen LogP contribution in [0.25, 0.3) is 0 Å². The van der Waals surface area contributed by atoms with Crippen LogP contribution in [0.3, 0.4) is 0 Å². The van der Waals surface area contributed by atoms with E-state index in [9.17, 15) is 4.79 Å². The summed E-state index contributed by atoms with van der Waals surface area (Å²) in [6.07, 6.45) is 5.60. The molecule has 0 aliphatic carbocycles. The van der Waals surface area contributed by atoms with E-state index in [0.717, 1.165) is 30.4 Å². The molecule has 0 radical (unpaired) electrons. The summed E-state index contributed by atoms with van der Waals surface area (Å²) in [5.41, 5.74) is 0.449. The summed E-state index contributed by atoms with van der Waals surface area (Å²) in [5.74, 6) is -0.0196. The van der Waals surface area contributed by atoms with Gasteiger partial charge in [-0.25, -0.2) is 0 Å². The third-order valence-electron chi connectivity index (χ3n) is 3.27. The average molecular weight is 342 g/mol. The van der Waals surface area contributed by atoms with E-state index >= 15 is 0 Å². The molecule has 1 aliphatic rings. The minimum absolute atomic E-state index is 0.0196. The first-order valence-electron chi connectivity index (χ1n) is 6.00. The van der Waals surface area contributed by atoms with Crippen molar-refractivity contribution in [2.75, 3.05) is 13.1 Å². The maximum atomic E-state index is 12.1. The Morgan fingerprint density at radius 1 is 1.42 bits per heavy atom. The molecule has 100 valence electrons. The Bertz CT molecular complexity index is 561. The molecule has 0 atom stereocenters. The van der Waals surface area contributed by atoms with E-state index in [4.69, 9.17) is 0 Å². The summed E-state index contributed by atoms with van der Waals surface area (Å²) in [6, 6.07) is 0.365. The Kier molecular flexibility index (Phi) is 3.61. The van der Waals surface area contributed by atoms with Crippen LogP contribution in [0.2, 0.25) is 0 Å². The standard InChI is InChI=1S/C11H12BrN5OS/c12-8-5-13-17(6-8)9-1-3-16(4-2-9)11(18)10-7-19-15-14-10/h5-7,9H,1-4H2. The number of hydrogen-bond donors (Lipinski definition) is 0. The summed E-state index contributed by atoms with van der Waals surface area (Å²) < 4.78 is 6.68. The van der Waals surface area contributed by atoms with Crippen molar-refractivity contribution in [3.63, 3.8) is 0 Å². The number of rotatable bonds is 2. The molecule has 0 aromatic carbocycles. The second-order valence-corrected chi connectivity index (χ2v) is 5.98. The van der Waals surface area contributed by atoms with Crippen LogP contribution in [-0.4, -0.2) is 43.3 Å². The van der Waals surface area contributed by atoms with Gasteiger partial charge in [0.15, 0.2) is 5.69 Å². The number of amides is 1. The van der Waals surface area contributed by atoms with E-state index in [-0.39, 0.29) is 5.91 Å². The van der Waals surface area contributed by atoms with Crippen LogP contribution in [0.1, 0.15) is 29.4 Å². The number of carbonyl (C=O) groups excluding carboxylic acids is 1. The summed E-state index contributed by atoms with van der Waals surface area (Å²) >= 11 is 4.60. The number of piperidine rings is 1. The number of nitrogens with zero attached hydrogens (tertiary/aromatic N) is 5. The average Bonchev–Trinajstić information content (AvgIpc) is 3.09. The second-order valence-electron chi connectivity index (χ2n) is 4.45. The van der Waals surface area contributed by atoms with Crippen molar-refractivity contribution >= 4 is 33.4 Å². The summed E-state index contributed by atoms with van der Waals surface area (Å²) in [6.45, 7) is 1.47. The molecule has 0 spiro atoms. The fourth-order valence-corrected chi connectivity index (χ4v) is 3.00. The van der Waals surface area contributed by atoms with E-state index in [1.54, 1.807) is 11.6 Å². The molecule has 6 nitrogen and oxygen atoms in total. The molecule has 19 heavy (non-hydrogen) atoms. The van der Waals surface area contributed by atoms with E-state index in [0.29, 0.717) is 11.7 Å². The number of hydrogen-bond acceptors (Lipinski definition) is 5. The zero-order chi connectivity index (χ0) is 13.2. The molecule has 0 unspecified atom stereocenters. The minimum Gasteiger partial charge on any atom is -0.337 e. The van der Waals surface area contributed by atoms with Crippen molar-refractivity contribution in [2.24, 2.45) is 0 Å². The van der Waals surface area contributed by atoms with Gasteiger partial charge in [-0.1, -0.05) is 4.49 Å². The van der Waals surface area contributed by atoms with Crippen LogP contribution in [0.5, 0.6) is 0 Å². The summed E-state index contributed by atoms with van der Waals surface area (Å²) in [7, 11) is 0. The second kappa shape index (κ2) is 5.38. The van der Waals surface area contributed by atoms with Crippen LogP contribution in [0.4, 0.5) is 0 Å². The lowest BCUT2D eigenvalue weighted by Gasteiger charge is -2.31. The van der Waals surface area contributed by atoms with Gasteiger partial charge in [-0.05, 0) is 40.3 Å². The monoisotopic (exact) mass is 341 g/mol. The SMILES string of the molecule is O=C(c1csnn1)N1CCC(n2cc(Br)cn2)CC1. The lowest BCUT2D eigenvalue weighted by atomic mass is 10.1. The van der Waals surface area contributed by atoms with Gasteiger partial charge in [-0.3, -0.25) is 9.48 Å². The van der Waals surface area contributed by atoms with E-state index in [1.807, 2.05) is 15.8 Å². The van der Waals surface area contributed by atoms with Gasteiger partial charge in [0.1, 0.15) is 0 Å². The van der Waals surface area contributed by atoms with E-state index in [2.05, 4.69) is 30.6 Å². The highest BCUT2D eigenvalue weighted by molar-refractivity contribution is 9.10. The highest BCUT2D eigenvalue weighted by Gasteiger charge is 2.26. The highest BCUT2D eigenvalue weighted by atomic mass is 79.9. The quantitative estimate of drug-likeness (QED) is 0.837. The van der Waals surface area contributed by atoms with Crippen molar-refractivity contribution < 1.29 is 4.79 Å². The number of carbonyl (C=O) groups is 1. The number of aromatic nitrogens is 4. The van der Waals surface area contributed by atoms with Gasteiger partial charge in [0.2, 0.25) is 0 Å². The summed E-state index contributed by atoms with van der Waals surface area (Å²) in [5, 5.41) is 9.82. The lowest BCUT2D eigenvalue weighted by Crippen LogP contribution is -2.39. The Morgan fingerprint density at radius 3 is 2.79 bits per heavy atom. The van der Waals surface area contributed by atoms with Crippen LogP contribution >= 0.6 is 27.5 Å². The van der Waals surface area contributed by atoms with Crippen molar-refractivity contribution in [1.29, 1.82) is 0 Å². The largest absolute Gasteiger partial charge is 0.337 e. The van der Waals surface area contributed by atoms with Gasteiger partial charge in [0.25, 0.3) is 5.91 Å². The molecule has 1 saturated heterocycles. The van der Waals surface area contributed by atoms with E-state index < -0.39 is 0 Å². The Morgan fingerprint density at radius 2 is 2.21 bits per heavy atom. The van der Waals surface area contributed by atoms with Crippen molar-refractivity contribution in [3.05, 3.63) is 27.9 Å². The predicted octanol–water partition coefficient (Wildman–Crippen LogP) is 1.97. The Hall–Kier alpha value is -1.28. The molecule has 1 aliphatic heterocycles. The molecular weight excluding hydrogens is 330 g/mol. The molecular formula is C11H12BrN5OS. The number of halogens is 1.